The lowest BCUT2D eigenvalue weighted by Gasteiger charge is -2.33. The first-order valence-corrected chi connectivity index (χ1v) is 6.42. The largest absolute Gasteiger partial charge is 0.497 e. The minimum Gasteiger partial charge on any atom is -0.497 e. The van der Waals surface area contributed by atoms with E-state index in [1.54, 1.807) is 7.11 Å². The van der Waals surface area contributed by atoms with Gasteiger partial charge in [0.2, 0.25) is 0 Å². The number of rotatable bonds is 2. The molecule has 2 rings (SSSR count). The second-order valence-corrected chi connectivity index (χ2v) is 6.16. The molecule has 0 saturated carbocycles. The molecule has 0 spiro atoms. The summed E-state index contributed by atoms with van der Waals surface area (Å²) in [7, 11) is 1.63. The van der Waals surface area contributed by atoms with Crippen LogP contribution in [-0.4, -0.2) is 18.3 Å². The Morgan fingerprint density at radius 2 is 2.11 bits per heavy atom. The predicted octanol–water partition coefficient (Wildman–Crippen LogP) is 3.32. The van der Waals surface area contributed by atoms with E-state index in [2.05, 4.69) is 20.8 Å². The third-order valence-corrected chi connectivity index (χ3v) is 3.20. The van der Waals surface area contributed by atoms with Crippen molar-refractivity contribution < 1.29 is 14.6 Å². The molecule has 0 saturated heterocycles. The van der Waals surface area contributed by atoms with E-state index in [0.29, 0.717) is 6.42 Å². The van der Waals surface area contributed by atoms with Crippen molar-refractivity contribution >= 4 is 0 Å². The van der Waals surface area contributed by atoms with Crippen LogP contribution >= 0.6 is 0 Å². The van der Waals surface area contributed by atoms with Crippen LogP contribution in [0.4, 0.5) is 0 Å². The number of fused-ring (bicyclic) bond motifs is 1. The summed E-state index contributed by atoms with van der Waals surface area (Å²) < 4.78 is 11.1. The molecule has 1 aromatic rings. The smallest absolute Gasteiger partial charge is 0.125 e. The molecule has 1 N–H and O–H groups in total. The Hall–Kier alpha value is -1.22. The first kappa shape index (κ1) is 13.2. The number of methoxy groups -OCH3 is 1. The van der Waals surface area contributed by atoms with E-state index >= 15 is 0 Å². The fraction of sp³-hybridized carbons (Fsp3) is 0.600. The Labute approximate surface area is 109 Å². The third-order valence-electron chi connectivity index (χ3n) is 3.20. The molecule has 0 aromatic heterocycles. The molecule has 0 fully saturated rings. The Morgan fingerprint density at radius 1 is 1.39 bits per heavy atom. The normalized spacial score (nSPS) is 23.2. The summed E-state index contributed by atoms with van der Waals surface area (Å²) in [5.41, 5.74) is 1.04. The van der Waals surface area contributed by atoms with E-state index in [1.165, 1.54) is 0 Å². The molecule has 0 radical (unpaired) electrons. The van der Waals surface area contributed by atoms with Crippen LogP contribution in [0.3, 0.4) is 0 Å². The van der Waals surface area contributed by atoms with Crippen LogP contribution in [0.25, 0.3) is 0 Å². The molecule has 100 valence electrons. The topological polar surface area (TPSA) is 38.7 Å². The van der Waals surface area contributed by atoms with Gasteiger partial charge in [-0.1, -0.05) is 20.8 Å². The van der Waals surface area contributed by atoms with Crippen molar-refractivity contribution in [1.29, 1.82) is 0 Å². The van der Waals surface area contributed by atoms with Gasteiger partial charge in [-0.2, -0.15) is 0 Å². The van der Waals surface area contributed by atoms with Gasteiger partial charge < -0.3 is 14.6 Å². The fourth-order valence-electron chi connectivity index (χ4n) is 2.43. The van der Waals surface area contributed by atoms with Crippen molar-refractivity contribution in [3.8, 4) is 11.5 Å². The van der Waals surface area contributed by atoms with E-state index < -0.39 is 6.10 Å². The highest BCUT2D eigenvalue weighted by Gasteiger charge is 2.30. The van der Waals surface area contributed by atoms with Gasteiger partial charge in [0, 0.05) is 12.0 Å². The molecule has 1 heterocycles. The zero-order valence-corrected chi connectivity index (χ0v) is 11.6. The van der Waals surface area contributed by atoms with E-state index in [9.17, 15) is 5.11 Å². The fourth-order valence-corrected chi connectivity index (χ4v) is 2.43. The average Bonchev–Trinajstić information content (AvgIpc) is 2.26. The van der Waals surface area contributed by atoms with Crippen LogP contribution in [-0.2, 0) is 0 Å². The van der Waals surface area contributed by atoms with Crippen LogP contribution in [0.1, 0.15) is 45.3 Å². The van der Waals surface area contributed by atoms with Crippen LogP contribution in [0.5, 0.6) is 11.5 Å². The van der Waals surface area contributed by atoms with Gasteiger partial charge in [0.1, 0.15) is 17.6 Å². The summed E-state index contributed by atoms with van der Waals surface area (Å²) in [6.07, 6.45) is 1.21. The van der Waals surface area contributed by atoms with Gasteiger partial charge in [0.15, 0.2) is 0 Å². The zero-order chi connectivity index (χ0) is 13.3. The molecule has 3 nitrogen and oxygen atoms in total. The maximum Gasteiger partial charge on any atom is 0.125 e. The lowest BCUT2D eigenvalue weighted by Crippen LogP contribution is -2.29. The highest BCUT2D eigenvalue weighted by molar-refractivity contribution is 5.43. The first-order chi connectivity index (χ1) is 8.39. The summed E-state index contributed by atoms with van der Waals surface area (Å²) in [6, 6.07) is 5.60. The van der Waals surface area contributed by atoms with Gasteiger partial charge in [0.05, 0.1) is 13.2 Å². The maximum absolute atomic E-state index is 10.2. The SMILES string of the molecule is COc1ccc2c(c1)C(O)CC(CC(C)(C)C)O2. The summed E-state index contributed by atoms with van der Waals surface area (Å²) in [5.74, 6) is 1.54. The zero-order valence-electron chi connectivity index (χ0n) is 11.6. The summed E-state index contributed by atoms with van der Waals surface area (Å²) in [6.45, 7) is 6.56. The number of hydrogen-bond acceptors (Lipinski definition) is 3. The standard InChI is InChI=1S/C15H22O3/c1-15(2,3)9-11-8-13(16)12-7-10(17-4)5-6-14(12)18-11/h5-7,11,13,16H,8-9H2,1-4H3. The Balaban J connectivity index is 2.19. The number of hydrogen-bond donors (Lipinski definition) is 1. The first-order valence-electron chi connectivity index (χ1n) is 6.42. The van der Waals surface area contributed by atoms with Gasteiger partial charge in [0.25, 0.3) is 0 Å². The molecular formula is C15H22O3. The molecular weight excluding hydrogens is 228 g/mol. The number of aliphatic hydroxyl groups is 1. The summed E-state index contributed by atoms with van der Waals surface area (Å²) in [4.78, 5) is 0. The second kappa shape index (κ2) is 4.81. The monoisotopic (exact) mass is 250 g/mol. The predicted molar refractivity (Wildman–Crippen MR) is 71.1 cm³/mol. The minimum atomic E-state index is -0.462. The van der Waals surface area contributed by atoms with Crippen molar-refractivity contribution in [1.82, 2.24) is 0 Å². The van der Waals surface area contributed by atoms with E-state index in [-0.39, 0.29) is 11.5 Å². The quantitative estimate of drug-likeness (QED) is 0.875. The molecule has 1 aliphatic heterocycles. The molecule has 18 heavy (non-hydrogen) atoms. The Kier molecular flexibility index (Phi) is 3.53. The van der Waals surface area contributed by atoms with Crippen molar-refractivity contribution in [3.05, 3.63) is 23.8 Å². The van der Waals surface area contributed by atoms with Crippen molar-refractivity contribution in [2.45, 2.75) is 45.8 Å². The molecule has 0 bridgehead atoms. The Morgan fingerprint density at radius 3 is 2.72 bits per heavy atom. The molecule has 2 atom stereocenters. The second-order valence-electron chi connectivity index (χ2n) is 6.16. The molecule has 1 aromatic carbocycles. The maximum atomic E-state index is 10.2. The van der Waals surface area contributed by atoms with Crippen molar-refractivity contribution in [3.63, 3.8) is 0 Å². The number of ether oxygens (including phenoxy) is 2. The number of aliphatic hydroxyl groups excluding tert-OH is 1. The third kappa shape index (κ3) is 2.96. The summed E-state index contributed by atoms with van der Waals surface area (Å²) in [5, 5.41) is 10.2. The number of benzene rings is 1. The van der Waals surface area contributed by atoms with Gasteiger partial charge in [-0.15, -0.1) is 0 Å². The molecule has 3 heteroatoms. The van der Waals surface area contributed by atoms with Crippen LogP contribution in [0.15, 0.2) is 18.2 Å². The minimum absolute atomic E-state index is 0.0842. The molecule has 2 unspecified atom stereocenters. The van der Waals surface area contributed by atoms with Gasteiger partial charge in [-0.3, -0.25) is 0 Å². The molecule has 0 aliphatic carbocycles. The lowest BCUT2D eigenvalue weighted by atomic mass is 9.85. The van der Waals surface area contributed by atoms with E-state index in [1.807, 2.05) is 18.2 Å². The van der Waals surface area contributed by atoms with Gasteiger partial charge in [-0.05, 0) is 30.0 Å². The van der Waals surface area contributed by atoms with E-state index in [4.69, 9.17) is 9.47 Å². The highest BCUT2D eigenvalue weighted by Crippen LogP contribution is 2.39. The van der Waals surface area contributed by atoms with E-state index in [0.717, 1.165) is 23.5 Å². The van der Waals surface area contributed by atoms with Crippen molar-refractivity contribution in [2.75, 3.05) is 7.11 Å². The Bertz CT molecular complexity index is 420. The van der Waals surface area contributed by atoms with Crippen LogP contribution in [0.2, 0.25) is 0 Å². The summed E-state index contributed by atoms with van der Waals surface area (Å²) >= 11 is 0. The van der Waals surface area contributed by atoms with Gasteiger partial charge in [-0.25, -0.2) is 0 Å². The lowest BCUT2D eigenvalue weighted by molar-refractivity contribution is 0.0445. The van der Waals surface area contributed by atoms with Crippen molar-refractivity contribution in [2.24, 2.45) is 5.41 Å². The molecule has 0 amide bonds. The van der Waals surface area contributed by atoms with Crippen LogP contribution < -0.4 is 9.47 Å². The average molecular weight is 250 g/mol. The van der Waals surface area contributed by atoms with Crippen LogP contribution in [0, 0.1) is 5.41 Å². The highest BCUT2D eigenvalue weighted by atomic mass is 16.5. The molecule has 1 aliphatic rings. The van der Waals surface area contributed by atoms with Gasteiger partial charge >= 0.3 is 0 Å².